The molecule has 1 amide bonds. The third-order valence-electron chi connectivity index (χ3n) is 5.01. The second kappa shape index (κ2) is 8.02. The molecule has 0 aromatic heterocycles. The molecule has 26 heavy (non-hydrogen) atoms. The Hall–Kier alpha value is -2.17. The summed E-state index contributed by atoms with van der Waals surface area (Å²) in [6.45, 7) is 3.12. The van der Waals surface area contributed by atoms with E-state index in [1.165, 1.54) is 0 Å². The Morgan fingerprint density at radius 2 is 1.62 bits per heavy atom. The number of halogens is 1. The van der Waals surface area contributed by atoms with Crippen LogP contribution in [0.1, 0.15) is 40.4 Å². The van der Waals surface area contributed by atoms with Crippen LogP contribution in [0.4, 0.5) is 0 Å². The molecule has 1 heterocycles. The Balaban J connectivity index is 1.59. The lowest BCUT2D eigenvalue weighted by Gasteiger charge is -2.33. The van der Waals surface area contributed by atoms with E-state index in [0.717, 1.165) is 11.1 Å². The molecule has 0 radical (unpaired) electrons. The number of rotatable bonds is 4. The van der Waals surface area contributed by atoms with E-state index >= 15 is 0 Å². The van der Waals surface area contributed by atoms with Crippen molar-refractivity contribution in [3.05, 3.63) is 70.2 Å². The first kappa shape index (κ1) is 18.6. The van der Waals surface area contributed by atoms with Gasteiger partial charge in [-0.05, 0) is 49.6 Å². The van der Waals surface area contributed by atoms with Gasteiger partial charge in [-0.25, -0.2) is 0 Å². The van der Waals surface area contributed by atoms with Crippen molar-refractivity contribution in [3.63, 3.8) is 0 Å². The van der Waals surface area contributed by atoms with Crippen LogP contribution in [0.2, 0.25) is 5.02 Å². The Morgan fingerprint density at radius 1 is 1.04 bits per heavy atom. The molecule has 0 bridgehead atoms. The fourth-order valence-corrected chi connectivity index (χ4v) is 3.45. The Bertz CT molecular complexity index is 779. The maximum absolute atomic E-state index is 12.7. The number of Topliss-reactive ketones (excluding diaryl/α,β-unsaturated/α-hetero) is 1. The van der Waals surface area contributed by atoms with E-state index in [1.807, 2.05) is 31.2 Å². The van der Waals surface area contributed by atoms with Crippen molar-refractivity contribution in [3.8, 4) is 0 Å². The van der Waals surface area contributed by atoms with Crippen LogP contribution in [0.25, 0.3) is 0 Å². The summed E-state index contributed by atoms with van der Waals surface area (Å²) in [5.74, 6) is -0.0151. The third-order valence-corrected chi connectivity index (χ3v) is 5.26. The van der Waals surface area contributed by atoms with Crippen LogP contribution >= 0.6 is 11.6 Å². The lowest BCUT2D eigenvalue weighted by molar-refractivity contribution is -0.134. The number of likely N-dealkylation sites (tertiary alicyclic amines) is 1. The van der Waals surface area contributed by atoms with E-state index in [-0.39, 0.29) is 17.6 Å². The van der Waals surface area contributed by atoms with Crippen LogP contribution < -0.4 is 5.73 Å². The van der Waals surface area contributed by atoms with E-state index in [1.54, 1.807) is 29.2 Å². The van der Waals surface area contributed by atoms with Gasteiger partial charge in [0.2, 0.25) is 5.91 Å². The summed E-state index contributed by atoms with van der Waals surface area (Å²) in [7, 11) is 0. The molecular weight excluding hydrogens is 348 g/mol. The molecule has 1 atom stereocenters. The maximum Gasteiger partial charge on any atom is 0.244 e. The van der Waals surface area contributed by atoms with Gasteiger partial charge in [0.1, 0.15) is 6.04 Å². The summed E-state index contributed by atoms with van der Waals surface area (Å²) in [6.07, 6.45) is 1.32. The van der Waals surface area contributed by atoms with Crippen LogP contribution in [-0.2, 0) is 4.79 Å². The van der Waals surface area contributed by atoms with Crippen LogP contribution in [0, 0.1) is 12.8 Å². The summed E-state index contributed by atoms with van der Waals surface area (Å²) >= 11 is 5.88. The van der Waals surface area contributed by atoms with Crippen molar-refractivity contribution in [1.29, 1.82) is 0 Å². The number of ketones is 1. The fraction of sp³-hybridized carbons (Fsp3) is 0.333. The molecule has 136 valence electrons. The van der Waals surface area contributed by atoms with Gasteiger partial charge < -0.3 is 10.6 Å². The van der Waals surface area contributed by atoms with Gasteiger partial charge in [0.15, 0.2) is 5.78 Å². The number of piperidine rings is 1. The first-order valence-corrected chi connectivity index (χ1v) is 9.24. The molecule has 2 N–H and O–H groups in total. The van der Waals surface area contributed by atoms with Gasteiger partial charge in [0.05, 0.1) is 0 Å². The van der Waals surface area contributed by atoms with Crippen molar-refractivity contribution in [2.45, 2.75) is 25.8 Å². The topological polar surface area (TPSA) is 63.4 Å². The SMILES string of the molecule is Cc1ccc(C(N)C(=O)N2CCC(C(=O)c3ccc(Cl)cc3)CC2)cc1. The molecule has 4 nitrogen and oxygen atoms in total. The molecule has 1 aliphatic heterocycles. The monoisotopic (exact) mass is 370 g/mol. The van der Waals surface area contributed by atoms with Crippen LogP contribution in [0.3, 0.4) is 0 Å². The molecule has 1 fully saturated rings. The van der Waals surface area contributed by atoms with Crippen LogP contribution in [0.5, 0.6) is 0 Å². The number of nitrogens with two attached hydrogens (primary N) is 1. The van der Waals surface area contributed by atoms with Crippen molar-refractivity contribution in [1.82, 2.24) is 4.90 Å². The molecule has 5 heteroatoms. The highest BCUT2D eigenvalue weighted by Gasteiger charge is 2.30. The number of hydrogen-bond acceptors (Lipinski definition) is 3. The van der Waals surface area contributed by atoms with E-state index in [0.29, 0.717) is 36.5 Å². The Kier molecular flexibility index (Phi) is 5.74. The zero-order chi connectivity index (χ0) is 18.7. The lowest BCUT2D eigenvalue weighted by atomic mass is 9.88. The van der Waals surface area contributed by atoms with Crippen LogP contribution in [0.15, 0.2) is 48.5 Å². The Morgan fingerprint density at radius 3 is 2.19 bits per heavy atom. The minimum atomic E-state index is -0.654. The lowest BCUT2D eigenvalue weighted by Crippen LogP contribution is -2.44. The van der Waals surface area contributed by atoms with Gasteiger partial charge in [-0.1, -0.05) is 41.4 Å². The van der Waals surface area contributed by atoms with E-state index in [2.05, 4.69) is 0 Å². The molecule has 1 saturated heterocycles. The highest BCUT2D eigenvalue weighted by Crippen LogP contribution is 2.24. The number of aryl methyl sites for hydroxylation is 1. The van der Waals surface area contributed by atoms with Gasteiger partial charge in [-0.3, -0.25) is 9.59 Å². The molecule has 0 saturated carbocycles. The summed E-state index contributed by atoms with van der Waals surface area (Å²) < 4.78 is 0. The summed E-state index contributed by atoms with van der Waals surface area (Å²) in [4.78, 5) is 27.0. The first-order valence-electron chi connectivity index (χ1n) is 8.86. The highest BCUT2D eigenvalue weighted by molar-refractivity contribution is 6.30. The number of carbonyl (C=O) groups is 2. The molecule has 3 rings (SSSR count). The summed E-state index contributed by atoms with van der Waals surface area (Å²) in [5.41, 5.74) is 8.78. The number of carbonyl (C=O) groups excluding carboxylic acids is 2. The van der Waals surface area contributed by atoms with Crippen molar-refractivity contribution in [2.75, 3.05) is 13.1 Å². The van der Waals surface area contributed by atoms with Gasteiger partial charge in [-0.15, -0.1) is 0 Å². The second-order valence-corrected chi connectivity index (χ2v) is 7.30. The molecule has 1 unspecified atom stereocenters. The standard InChI is InChI=1S/C21H23ClN2O2/c1-14-2-4-15(5-3-14)19(23)21(26)24-12-10-17(11-13-24)20(25)16-6-8-18(22)9-7-16/h2-9,17,19H,10-13,23H2,1H3. The molecule has 2 aromatic rings. The van der Waals surface area contributed by atoms with E-state index in [9.17, 15) is 9.59 Å². The van der Waals surface area contributed by atoms with Crippen LogP contribution in [-0.4, -0.2) is 29.7 Å². The second-order valence-electron chi connectivity index (χ2n) is 6.86. The maximum atomic E-state index is 12.7. The largest absolute Gasteiger partial charge is 0.341 e. The van der Waals surface area contributed by atoms with Crippen molar-refractivity contribution in [2.24, 2.45) is 11.7 Å². The number of nitrogens with zero attached hydrogens (tertiary/aromatic N) is 1. The molecule has 2 aromatic carbocycles. The summed E-state index contributed by atoms with van der Waals surface area (Å²) in [6, 6.07) is 14.0. The highest BCUT2D eigenvalue weighted by atomic mass is 35.5. The fourth-order valence-electron chi connectivity index (χ4n) is 3.32. The smallest absolute Gasteiger partial charge is 0.244 e. The average molecular weight is 371 g/mol. The molecule has 1 aliphatic rings. The Labute approximate surface area is 158 Å². The summed E-state index contributed by atoms with van der Waals surface area (Å²) in [5, 5.41) is 0.618. The molecule has 0 aliphatic carbocycles. The van der Waals surface area contributed by atoms with Crippen molar-refractivity contribution < 1.29 is 9.59 Å². The quantitative estimate of drug-likeness (QED) is 0.833. The predicted octanol–water partition coefficient (Wildman–Crippen LogP) is 3.77. The van der Waals surface area contributed by atoms with E-state index < -0.39 is 6.04 Å². The van der Waals surface area contributed by atoms with Gasteiger partial charge in [0, 0.05) is 29.6 Å². The molecular formula is C21H23ClN2O2. The first-order chi connectivity index (χ1) is 12.5. The van der Waals surface area contributed by atoms with Gasteiger partial charge >= 0.3 is 0 Å². The van der Waals surface area contributed by atoms with Crippen molar-refractivity contribution >= 4 is 23.3 Å². The number of benzene rings is 2. The average Bonchev–Trinajstić information content (AvgIpc) is 2.67. The minimum absolute atomic E-state index is 0.0594. The van der Waals surface area contributed by atoms with E-state index in [4.69, 9.17) is 17.3 Å². The van der Waals surface area contributed by atoms with Gasteiger partial charge in [0.25, 0.3) is 0 Å². The third kappa shape index (κ3) is 4.14. The zero-order valence-electron chi connectivity index (χ0n) is 14.8. The predicted molar refractivity (Wildman–Crippen MR) is 103 cm³/mol. The number of amides is 1. The normalized spacial score (nSPS) is 16.3. The zero-order valence-corrected chi connectivity index (χ0v) is 15.6. The minimum Gasteiger partial charge on any atom is -0.341 e. The van der Waals surface area contributed by atoms with Gasteiger partial charge in [-0.2, -0.15) is 0 Å². The number of hydrogen-bond donors (Lipinski definition) is 1. The molecule has 0 spiro atoms.